The number of alkyl halides is 3. The van der Waals surface area contributed by atoms with Gasteiger partial charge in [0.25, 0.3) is 5.56 Å². The predicted octanol–water partition coefficient (Wildman–Crippen LogP) is 3.77. The molecule has 0 unspecified atom stereocenters. The zero-order chi connectivity index (χ0) is 19.6. The summed E-state index contributed by atoms with van der Waals surface area (Å²) in [4.78, 5) is 12.7. The summed E-state index contributed by atoms with van der Waals surface area (Å²) in [6.07, 6.45) is -1.96. The molecule has 142 valence electrons. The van der Waals surface area contributed by atoms with Gasteiger partial charge < -0.3 is 5.73 Å². The minimum absolute atomic E-state index is 0.0691. The number of hydrogen-bond donors (Lipinski definition) is 1. The second kappa shape index (κ2) is 7.84. The Labute approximate surface area is 154 Å². The lowest BCUT2D eigenvalue weighted by atomic mass is 9.90. The van der Waals surface area contributed by atoms with Crippen LogP contribution in [0.2, 0.25) is 0 Å². The molecule has 0 spiro atoms. The van der Waals surface area contributed by atoms with Gasteiger partial charge in [-0.05, 0) is 41.4 Å². The first-order valence-electron chi connectivity index (χ1n) is 8.27. The van der Waals surface area contributed by atoms with Gasteiger partial charge in [-0.1, -0.05) is 26.0 Å². The van der Waals surface area contributed by atoms with E-state index in [1.807, 2.05) is 26.0 Å². The molecule has 0 saturated heterocycles. The monoisotopic (exact) mass is 385 g/mol. The highest BCUT2D eigenvalue weighted by Gasteiger charge is 2.38. The first-order chi connectivity index (χ1) is 12.2. The van der Waals surface area contributed by atoms with Gasteiger partial charge in [-0.2, -0.15) is 18.3 Å². The highest BCUT2D eigenvalue weighted by Crippen LogP contribution is 2.40. The molecule has 0 amide bonds. The van der Waals surface area contributed by atoms with Gasteiger partial charge in [0.05, 0.1) is 10.5 Å². The zero-order valence-electron chi connectivity index (χ0n) is 15.2. The zero-order valence-corrected chi connectivity index (χ0v) is 16.0. The van der Waals surface area contributed by atoms with Crippen LogP contribution in [0.25, 0.3) is 11.1 Å². The number of thioether (sulfide) groups is 1. The van der Waals surface area contributed by atoms with E-state index in [0.717, 1.165) is 33.1 Å². The molecule has 2 N–H and O–H groups in total. The Morgan fingerprint density at radius 2 is 1.69 bits per heavy atom. The number of hydrogen-bond acceptors (Lipinski definition) is 4. The van der Waals surface area contributed by atoms with Crippen LogP contribution in [-0.4, -0.2) is 16.0 Å². The van der Waals surface area contributed by atoms with Crippen molar-refractivity contribution in [1.29, 1.82) is 0 Å². The standard InChI is InChI=1S/C18H22F3N3OS/c1-5-11-7-10(9-22)8-12(6-2)13(11)14-15(26-4)16(18(19,20)21)23-24(3)17(14)25/h7-8H,5-6,9,22H2,1-4H3. The van der Waals surface area contributed by atoms with E-state index in [2.05, 4.69) is 5.10 Å². The highest BCUT2D eigenvalue weighted by atomic mass is 32.2. The van der Waals surface area contributed by atoms with E-state index in [4.69, 9.17) is 5.73 Å². The summed E-state index contributed by atoms with van der Waals surface area (Å²) in [5.74, 6) is 0. The smallest absolute Gasteiger partial charge is 0.326 e. The van der Waals surface area contributed by atoms with Crippen molar-refractivity contribution >= 4 is 11.8 Å². The predicted molar refractivity (Wildman–Crippen MR) is 98.3 cm³/mol. The molecule has 0 atom stereocenters. The number of benzene rings is 1. The average Bonchev–Trinajstić information content (AvgIpc) is 2.61. The molecule has 0 aliphatic rings. The molecule has 1 heterocycles. The molecular formula is C18H22F3N3OS. The summed E-state index contributed by atoms with van der Waals surface area (Å²) in [6, 6.07) is 3.73. The number of rotatable bonds is 5. The van der Waals surface area contributed by atoms with Gasteiger partial charge in [0, 0.05) is 13.6 Å². The summed E-state index contributed by atoms with van der Waals surface area (Å²) in [5, 5.41) is 3.48. The second-order valence-electron chi connectivity index (χ2n) is 5.88. The lowest BCUT2D eigenvalue weighted by Crippen LogP contribution is -2.28. The van der Waals surface area contributed by atoms with Crippen LogP contribution < -0.4 is 11.3 Å². The lowest BCUT2D eigenvalue weighted by molar-refractivity contribution is -0.144. The Balaban J connectivity index is 3.02. The number of nitrogens with two attached hydrogens (primary N) is 1. The fourth-order valence-corrected chi connectivity index (χ4v) is 3.80. The van der Waals surface area contributed by atoms with Crippen LogP contribution in [-0.2, 0) is 32.6 Å². The summed E-state index contributed by atoms with van der Waals surface area (Å²) >= 11 is 0.894. The maximum absolute atomic E-state index is 13.5. The first kappa shape index (κ1) is 20.5. The van der Waals surface area contributed by atoms with Crippen molar-refractivity contribution < 1.29 is 13.2 Å². The summed E-state index contributed by atoms with van der Waals surface area (Å²) in [6.45, 7) is 4.15. The van der Waals surface area contributed by atoms with Gasteiger partial charge in [-0.25, -0.2) is 4.68 Å². The molecule has 0 radical (unpaired) electrons. The van der Waals surface area contributed by atoms with E-state index < -0.39 is 17.4 Å². The summed E-state index contributed by atoms with van der Waals surface area (Å²) in [7, 11) is 1.25. The third kappa shape index (κ3) is 3.66. The summed E-state index contributed by atoms with van der Waals surface area (Å²) in [5.41, 5.74) is 7.35. The Kier molecular flexibility index (Phi) is 6.18. The molecule has 0 saturated carbocycles. The Hall–Kier alpha value is -1.80. The topological polar surface area (TPSA) is 60.9 Å². The third-order valence-corrected chi connectivity index (χ3v) is 5.09. The van der Waals surface area contributed by atoms with E-state index in [-0.39, 0.29) is 10.5 Å². The van der Waals surface area contributed by atoms with Crippen LogP contribution in [0.4, 0.5) is 13.2 Å². The molecule has 26 heavy (non-hydrogen) atoms. The van der Waals surface area contributed by atoms with E-state index in [1.54, 1.807) is 0 Å². The van der Waals surface area contributed by atoms with Crippen LogP contribution in [0.1, 0.15) is 36.2 Å². The van der Waals surface area contributed by atoms with E-state index in [1.165, 1.54) is 13.3 Å². The number of aromatic nitrogens is 2. The molecule has 0 bridgehead atoms. The van der Waals surface area contributed by atoms with Crippen molar-refractivity contribution in [2.45, 2.75) is 44.3 Å². The van der Waals surface area contributed by atoms with Gasteiger partial charge >= 0.3 is 6.18 Å². The molecular weight excluding hydrogens is 363 g/mol. The highest BCUT2D eigenvalue weighted by molar-refractivity contribution is 7.98. The van der Waals surface area contributed by atoms with Crippen LogP contribution >= 0.6 is 11.8 Å². The van der Waals surface area contributed by atoms with Crippen LogP contribution in [0, 0.1) is 0 Å². The number of aryl methyl sites for hydroxylation is 3. The molecule has 4 nitrogen and oxygen atoms in total. The molecule has 0 fully saturated rings. The molecule has 1 aromatic heterocycles. The maximum atomic E-state index is 13.5. The third-order valence-electron chi connectivity index (χ3n) is 4.28. The van der Waals surface area contributed by atoms with E-state index >= 15 is 0 Å². The minimum Gasteiger partial charge on any atom is -0.326 e. The molecule has 0 aliphatic heterocycles. The van der Waals surface area contributed by atoms with Gasteiger partial charge in [0.2, 0.25) is 0 Å². The second-order valence-corrected chi connectivity index (χ2v) is 6.70. The molecule has 1 aromatic carbocycles. The van der Waals surface area contributed by atoms with Crippen molar-refractivity contribution in [3.8, 4) is 11.1 Å². The number of nitrogens with zero attached hydrogens (tertiary/aromatic N) is 2. The van der Waals surface area contributed by atoms with Crippen molar-refractivity contribution in [2.24, 2.45) is 12.8 Å². The van der Waals surface area contributed by atoms with E-state index in [0.29, 0.717) is 24.9 Å². The quantitative estimate of drug-likeness (QED) is 0.796. The lowest BCUT2D eigenvalue weighted by Gasteiger charge is -2.20. The maximum Gasteiger partial charge on any atom is 0.436 e. The van der Waals surface area contributed by atoms with Crippen LogP contribution in [0.3, 0.4) is 0 Å². The Bertz CT molecular complexity index is 850. The molecule has 0 aliphatic carbocycles. The van der Waals surface area contributed by atoms with Crippen molar-refractivity contribution in [3.63, 3.8) is 0 Å². The Morgan fingerprint density at radius 1 is 1.15 bits per heavy atom. The molecule has 2 aromatic rings. The normalized spacial score (nSPS) is 11.8. The van der Waals surface area contributed by atoms with Crippen molar-refractivity contribution in [1.82, 2.24) is 9.78 Å². The Morgan fingerprint density at radius 3 is 2.08 bits per heavy atom. The van der Waals surface area contributed by atoms with Gasteiger partial charge in [0.15, 0.2) is 5.69 Å². The van der Waals surface area contributed by atoms with Gasteiger partial charge in [-0.15, -0.1) is 11.8 Å². The first-order valence-corrected chi connectivity index (χ1v) is 9.49. The fraction of sp³-hybridized carbons (Fsp3) is 0.444. The largest absolute Gasteiger partial charge is 0.436 e. The van der Waals surface area contributed by atoms with Crippen molar-refractivity contribution in [2.75, 3.05) is 6.26 Å². The minimum atomic E-state index is -4.64. The van der Waals surface area contributed by atoms with E-state index in [9.17, 15) is 18.0 Å². The van der Waals surface area contributed by atoms with Gasteiger partial charge in [0.1, 0.15) is 0 Å². The summed E-state index contributed by atoms with van der Waals surface area (Å²) < 4.78 is 41.3. The van der Waals surface area contributed by atoms with Gasteiger partial charge in [-0.3, -0.25) is 4.79 Å². The van der Waals surface area contributed by atoms with Crippen LogP contribution in [0.5, 0.6) is 0 Å². The van der Waals surface area contributed by atoms with Crippen LogP contribution in [0.15, 0.2) is 21.8 Å². The fourth-order valence-electron chi connectivity index (χ4n) is 3.06. The SMILES string of the molecule is CCc1cc(CN)cc(CC)c1-c1c(SC)c(C(F)(F)F)nn(C)c1=O. The number of halogens is 3. The molecule has 8 heteroatoms. The molecule has 2 rings (SSSR count). The average molecular weight is 385 g/mol. The van der Waals surface area contributed by atoms with Crippen molar-refractivity contribution in [3.05, 3.63) is 44.9 Å².